The summed E-state index contributed by atoms with van der Waals surface area (Å²) in [5.41, 5.74) is 1.98. The third-order valence-corrected chi connectivity index (χ3v) is 2.75. The summed E-state index contributed by atoms with van der Waals surface area (Å²) in [6.07, 6.45) is 1.76. The van der Waals surface area contributed by atoms with E-state index in [2.05, 4.69) is 16.5 Å². The smallest absolute Gasteiger partial charge is 0.188 e. The molecule has 0 aliphatic carbocycles. The molecule has 1 aromatic rings. The first-order valence-electron chi connectivity index (χ1n) is 3.87. The van der Waals surface area contributed by atoms with Crippen LogP contribution >= 0.6 is 23.4 Å². The number of halogens is 1. The van der Waals surface area contributed by atoms with Crippen molar-refractivity contribution in [2.75, 3.05) is 11.6 Å². The van der Waals surface area contributed by atoms with Gasteiger partial charge in [0, 0.05) is 23.5 Å². The molecular formula is C9H11ClN2S. The zero-order chi connectivity index (χ0) is 9.68. The van der Waals surface area contributed by atoms with Crippen LogP contribution in [0.1, 0.15) is 5.69 Å². The van der Waals surface area contributed by atoms with Gasteiger partial charge in [0.05, 0.1) is 0 Å². The first-order chi connectivity index (χ1) is 6.22. The lowest BCUT2D eigenvalue weighted by Crippen LogP contribution is -1.92. The Labute approximate surface area is 87.4 Å². The molecule has 1 rings (SSSR count). The highest BCUT2D eigenvalue weighted by atomic mass is 35.5. The van der Waals surface area contributed by atoms with E-state index in [4.69, 9.17) is 11.6 Å². The molecule has 0 saturated carbocycles. The molecule has 13 heavy (non-hydrogen) atoms. The average Bonchev–Trinajstić information content (AvgIpc) is 2.14. The van der Waals surface area contributed by atoms with E-state index in [1.165, 1.54) is 0 Å². The van der Waals surface area contributed by atoms with Crippen molar-refractivity contribution in [3.8, 4) is 0 Å². The molecule has 0 bridgehead atoms. The number of nitrogens with zero attached hydrogens (tertiary/aromatic N) is 2. The van der Waals surface area contributed by atoms with Crippen molar-refractivity contribution >= 4 is 23.4 Å². The van der Waals surface area contributed by atoms with Gasteiger partial charge in [-0.2, -0.15) is 0 Å². The maximum absolute atomic E-state index is 5.60. The molecule has 0 amide bonds. The van der Waals surface area contributed by atoms with Crippen LogP contribution in [0.4, 0.5) is 0 Å². The number of alkyl halides is 1. The van der Waals surface area contributed by atoms with Gasteiger partial charge in [0.1, 0.15) is 0 Å². The number of rotatable bonds is 4. The lowest BCUT2D eigenvalue weighted by atomic mass is 10.4. The third kappa shape index (κ3) is 3.79. The van der Waals surface area contributed by atoms with Crippen LogP contribution in [0.5, 0.6) is 0 Å². The van der Waals surface area contributed by atoms with Gasteiger partial charge in [0.15, 0.2) is 5.16 Å². The highest BCUT2D eigenvalue weighted by Gasteiger charge is 1.98. The average molecular weight is 215 g/mol. The number of aromatic nitrogens is 2. The first kappa shape index (κ1) is 10.5. The first-order valence-corrected chi connectivity index (χ1v) is 5.39. The maximum atomic E-state index is 5.60. The van der Waals surface area contributed by atoms with E-state index in [1.54, 1.807) is 18.0 Å². The van der Waals surface area contributed by atoms with Crippen LogP contribution in [0.25, 0.3) is 0 Å². The Morgan fingerprint density at radius 3 is 3.08 bits per heavy atom. The minimum absolute atomic E-state index is 0.499. The van der Waals surface area contributed by atoms with Gasteiger partial charge in [-0.3, -0.25) is 0 Å². The summed E-state index contributed by atoms with van der Waals surface area (Å²) in [4.78, 5) is 8.36. The van der Waals surface area contributed by atoms with E-state index in [1.807, 2.05) is 13.0 Å². The summed E-state index contributed by atoms with van der Waals surface area (Å²) in [5, 5.41) is 0.784. The molecular weight excluding hydrogens is 204 g/mol. The minimum atomic E-state index is 0.499. The topological polar surface area (TPSA) is 25.8 Å². The van der Waals surface area contributed by atoms with Crippen molar-refractivity contribution < 1.29 is 0 Å². The lowest BCUT2D eigenvalue weighted by molar-refractivity contribution is 0.933. The highest BCUT2D eigenvalue weighted by Crippen LogP contribution is 2.15. The number of hydrogen-bond acceptors (Lipinski definition) is 3. The second kappa shape index (κ2) is 5.25. The van der Waals surface area contributed by atoms with Crippen molar-refractivity contribution in [2.24, 2.45) is 0 Å². The molecule has 0 radical (unpaired) electrons. The molecule has 70 valence electrons. The van der Waals surface area contributed by atoms with E-state index in [0.717, 1.165) is 22.2 Å². The normalized spacial score (nSPS) is 10.0. The lowest BCUT2D eigenvalue weighted by Gasteiger charge is -2.00. The predicted molar refractivity (Wildman–Crippen MR) is 57.4 cm³/mol. The second-order valence-corrected chi connectivity index (χ2v) is 3.86. The van der Waals surface area contributed by atoms with Crippen molar-refractivity contribution in [1.82, 2.24) is 9.97 Å². The molecule has 4 heteroatoms. The third-order valence-electron chi connectivity index (χ3n) is 1.37. The number of hydrogen-bond donors (Lipinski definition) is 0. The standard InChI is InChI=1S/C9H11ClN2S/c1-7(5-10)6-13-9-11-4-3-8(2)12-9/h3-4H,1,5-6H2,2H3. The van der Waals surface area contributed by atoms with Gasteiger partial charge in [-0.05, 0) is 13.0 Å². The van der Waals surface area contributed by atoms with E-state index >= 15 is 0 Å². The highest BCUT2D eigenvalue weighted by molar-refractivity contribution is 7.99. The molecule has 1 aromatic heterocycles. The van der Waals surface area contributed by atoms with Gasteiger partial charge in [-0.1, -0.05) is 23.9 Å². The number of thioether (sulfide) groups is 1. The molecule has 0 N–H and O–H groups in total. The monoisotopic (exact) mass is 214 g/mol. The van der Waals surface area contributed by atoms with Crippen LogP contribution in [0.2, 0.25) is 0 Å². The van der Waals surface area contributed by atoms with Crippen LogP contribution in [-0.2, 0) is 0 Å². The number of aryl methyl sites for hydroxylation is 1. The van der Waals surface area contributed by atoms with Gasteiger partial charge in [-0.25, -0.2) is 9.97 Å². The Bertz CT molecular complexity index is 301. The minimum Gasteiger partial charge on any atom is -0.231 e. The molecule has 0 saturated heterocycles. The predicted octanol–water partition coefficient (Wildman–Crippen LogP) is 2.67. The van der Waals surface area contributed by atoms with Crippen LogP contribution in [-0.4, -0.2) is 21.6 Å². The van der Waals surface area contributed by atoms with Crippen molar-refractivity contribution in [1.29, 1.82) is 0 Å². The van der Waals surface area contributed by atoms with Crippen molar-refractivity contribution in [2.45, 2.75) is 12.1 Å². The SMILES string of the molecule is C=C(CCl)CSc1nccc(C)n1. The molecule has 1 heterocycles. The van der Waals surface area contributed by atoms with E-state index < -0.39 is 0 Å². The summed E-state index contributed by atoms with van der Waals surface area (Å²) in [6, 6.07) is 1.88. The molecule has 0 aromatic carbocycles. The second-order valence-electron chi connectivity index (χ2n) is 2.65. The maximum Gasteiger partial charge on any atom is 0.188 e. The van der Waals surface area contributed by atoms with Crippen molar-refractivity contribution in [3.05, 3.63) is 30.1 Å². The van der Waals surface area contributed by atoms with Crippen LogP contribution < -0.4 is 0 Å². The van der Waals surface area contributed by atoms with Gasteiger partial charge >= 0.3 is 0 Å². The van der Waals surface area contributed by atoms with Crippen molar-refractivity contribution in [3.63, 3.8) is 0 Å². The molecule has 0 atom stereocenters. The zero-order valence-electron chi connectivity index (χ0n) is 7.46. The molecule has 0 spiro atoms. The largest absolute Gasteiger partial charge is 0.231 e. The molecule has 0 aliphatic heterocycles. The summed E-state index contributed by atoms with van der Waals surface area (Å²) in [5.74, 6) is 1.28. The van der Waals surface area contributed by atoms with Crippen LogP contribution in [0, 0.1) is 6.92 Å². The quantitative estimate of drug-likeness (QED) is 0.334. The van der Waals surface area contributed by atoms with E-state index in [0.29, 0.717) is 5.88 Å². The summed E-state index contributed by atoms with van der Waals surface area (Å²) < 4.78 is 0. The molecule has 0 fully saturated rings. The summed E-state index contributed by atoms with van der Waals surface area (Å²) in [6.45, 7) is 5.75. The van der Waals surface area contributed by atoms with E-state index in [-0.39, 0.29) is 0 Å². The fraction of sp³-hybridized carbons (Fsp3) is 0.333. The Morgan fingerprint density at radius 1 is 1.69 bits per heavy atom. The zero-order valence-corrected chi connectivity index (χ0v) is 9.03. The van der Waals surface area contributed by atoms with Gasteiger partial charge in [0.25, 0.3) is 0 Å². The Morgan fingerprint density at radius 2 is 2.46 bits per heavy atom. The molecule has 0 unspecified atom stereocenters. The fourth-order valence-electron chi connectivity index (χ4n) is 0.701. The molecule has 0 aliphatic rings. The van der Waals surface area contributed by atoms with Gasteiger partial charge in [0.2, 0.25) is 0 Å². The molecule has 2 nitrogen and oxygen atoms in total. The Hall–Kier alpha value is -0.540. The van der Waals surface area contributed by atoms with E-state index in [9.17, 15) is 0 Å². The fourth-order valence-corrected chi connectivity index (χ4v) is 1.69. The Balaban J connectivity index is 2.50. The van der Waals surface area contributed by atoms with Gasteiger partial charge in [-0.15, -0.1) is 11.6 Å². The van der Waals surface area contributed by atoms with Crippen LogP contribution in [0.3, 0.4) is 0 Å². The Kier molecular flexibility index (Phi) is 4.25. The van der Waals surface area contributed by atoms with Gasteiger partial charge < -0.3 is 0 Å². The van der Waals surface area contributed by atoms with Crippen LogP contribution in [0.15, 0.2) is 29.6 Å². The summed E-state index contributed by atoms with van der Waals surface area (Å²) in [7, 11) is 0. The summed E-state index contributed by atoms with van der Waals surface area (Å²) >= 11 is 7.16.